The van der Waals surface area contributed by atoms with Crippen molar-refractivity contribution in [1.82, 2.24) is 0 Å². The Labute approximate surface area is 123 Å². The number of benzene rings is 1. The summed E-state index contributed by atoms with van der Waals surface area (Å²) in [6, 6.07) is 5.51. The van der Waals surface area contributed by atoms with Crippen molar-refractivity contribution in [2.75, 3.05) is 5.32 Å². The van der Waals surface area contributed by atoms with Crippen LogP contribution < -0.4 is 11.1 Å². The number of anilines is 1. The molecule has 1 aliphatic rings. The van der Waals surface area contributed by atoms with Gasteiger partial charge in [0.25, 0.3) is 0 Å². The largest absolute Gasteiger partial charge is 0.392 e. The van der Waals surface area contributed by atoms with Crippen LogP contribution in [0.4, 0.5) is 5.69 Å². The Morgan fingerprint density at radius 1 is 1.53 bits per heavy atom. The molecule has 102 valence electrons. The fourth-order valence-corrected chi connectivity index (χ4v) is 3.03. The summed E-state index contributed by atoms with van der Waals surface area (Å²) in [4.78, 5) is 12.7. The van der Waals surface area contributed by atoms with Crippen LogP contribution in [0.15, 0.2) is 18.2 Å². The molecule has 1 aliphatic carbocycles. The first-order valence-electron chi connectivity index (χ1n) is 6.22. The summed E-state index contributed by atoms with van der Waals surface area (Å²) >= 11 is 11.1. The number of carbonyl (C=O) groups is 1. The number of hydrogen-bond acceptors (Lipinski definition) is 2. The highest BCUT2D eigenvalue weighted by Gasteiger charge is 2.50. The van der Waals surface area contributed by atoms with Gasteiger partial charge in [0, 0.05) is 0 Å². The lowest BCUT2D eigenvalue weighted by atomic mass is 9.62. The van der Waals surface area contributed by atoms with E-state index in [-0.39, 0.29) is 10.9 Å². The molecule has 1 aromatic rings. The number of nitrogens with two attached hydrogens (primary N) is 1. The second-order valence-electron chi connectivity index (χ2n) is 5.40. The average Bonchev–Trinajstić information content (AvgIpc) is 2.28. The molecule has 5 heteroatoms. The first-order chi connectivity index (χ1) is 8.85. The van der Waals surface area contributed by atoms with Crippen LogP contribution in [0, 0.1) is 18.3 Å². The van der Waals surface area contributed by atoms with Gasteiger partial charge in [-0.05, 0) is 43.4 Å². The zero-order chi connectivity index (χ0) is 14.2. The molecular formula is C14H17ClN2OS. The van der Waals surface area contributed by atoms with Crippen molar-refractivity contribution in [2.24, 2.45) is 17.1 Å². The molecule has 0 spiro atoms. The van der Waals surface area contributed by atoms with Crippen molar-refractivity contribution in [1.29, 1.82) is 0 Å². The van der Waals surface area contributed by atoms with Gasteiger partial charge in [0.2, 0.25) is 5.91 Å². The van der Waals surface area contributed by atoms with Crippen molar-refractivity contribution in [2.45, 2.75) is 26.7 Å². The zero-order valence-electron chi connectivity index (χ0n) is 11.0. The van der Waals surface area contributed by atoms with E-state index in [0.717, 1.165) is 5.56 Å². The van der Waals surface area contributed by atoms with Crippen LogP contribution in [0.5, 0.6) is 0 Å². The number of rotatable bonds is 3. The van der Waals surface area contributed by atoms with E-state index in [2.05, 4.69) is 12.2 Å². The van der Waals surface area contributed by atoms with E-state index in [0.29, 0.717) is 29.5 Å². The Balaban J connectivity index is 2.21. The minimum absolute atomic E-state index is 0.148. The van der Waals surface area contributed by atoms with Crippen molar-refractivity contribution in [3.05, 3.63) is 28.8 Å². The molecule has 1 saturated carbocycles. The normalized spacial score (nSPS) is 25.5. The molecule has 0 bridgehead atoms. The van der Waals surface area contributed by atoms with Gasteiger partial charge in [0.05, 0.1) is 21.1 Å². The minimum atomic E-state index is -0.707. The molecule has 0 saturated heterocycles. The Bertz CT molecular complexity index is 538. The third-order valence-corrected chi connectivity index (χ3v) is 4.39. The Kier molecular flexibility index (Phi) is 3.83. The summed E-state index contributed by atoms with van der Waals surface area (Å²) in [6.07, 6.45) is 1.41. The maximum atomic E-state index is 12.4. The predicted octanol–water partition coefficient (Wildman–Crippen LogP) is 3.29. The van der Waals surface area contributed by atoms with Gasteiger partial charge in [-0.2, -0.15) is 0 Å². The number of thiocarbonyl (C=S) groups is 1. The predicted molar refractivity (Wildman–Crippen MR) is 82.4 cm³/mol. The monoisotopic (exact) mass is 296 g/mol. The van der Waals surface area contributed by atoms with Crippen LogP contribution in [-0.2, 0) is 4.79 Å². The molecule has 0 heterocycles. The number of nitrogens with one attached hydrogen (secondary N) is 1. The van der Waals surface area contributed by atoms with Crippen molar-refractivity contribution in [3.8, 4) is 0 Å². The first kappa shape index (κ1) is 14.3. The highest BCUT2D eigenvalue weighted by Crippen LogP contribution is 2.46. The summed E-state index contributed by atoms with van der Waals surface area (Å²) in [6.45, 7) is 4.03. The van der Waals surface area contributed by atoms with Crippen LogP contribution in [0.2, 0.25) is 5.02 Å². The van der Waals surface area contributed by atoms with Gasteiger partial charge < -0.3 is 11.1 Å². The lowest BCUT2D eigenvalue weighted by Gasteiger charge is -2.44. The van der Waals surface area contributed by atoms with Gasteiger partial charge in [-0.25, -0.2) is 0 Å². The molecule has 0 unspecified atom stereocenters. The number of hydrogen-bond donors (Lipinski definition) is 2. The first-order valence-corrected chi connectivity index (χ1v) is 7.01. The van der Waals surface area contributed by atoms with Gasteiger partial charge in [-0.1, -0.05) is 36.8 Å². The van der Waals surface area contributed by atoms with Gasteiger partial charge in [-0.15, -0.1) is 0 Å². The second kappa shape index (κ2) is 5.10. The lowest BCUT2D eigenvalue weighted by molar-refractivity contribution is -0.127. The molecule has 1 aromatic carbocycles. The third-order valence-electron chi connectivity index (χ3n) is 3.67. The number of halogens is 1. The topological polar surface area (TPSA) is 55.1 Å². The molecule has 1 amide bonds. The molecule has 19 heavy (non-hydrogen) atoms. The standard InChI is InChI=1S/C14H17ClN2OS/c1-8-3-4-10(15)11(5-8)17-13(18)14(12(16)19)6-9(2)7-14/h3-5,9H,6-7H2,1-2H3,(H2,16,19)(H,17,18). The SMILES string of the molecule is Cc1ccc(Cl)c(NC(=O)C2(C(N)=S)CC(C)C2)c1. The highest BCUT2D eigenvalue weighted by atomic mass is 35.5. The Morgan fingerprint density at radius 2 is 2.16 bits per heavy atom. The molecule has 3 nitrogen and oxygen atoms in total. The van der Waals surface area contributed by atoms with Crippen molar-refractivity contribution in [3.63, 3.8) is 0 Å². The maximum absolute atomic E-state index is 12.4. The third kappa shape index (κ3) is 2.60. The number of aryl methyl sites for hydroxylation is 1. The van der Waals surface area contributed by atoms with E-state index in [4.69, 9.17) is 29.6 Å². The Morgan fingerprint density at radius 3 is 2.68 bits per heavy atom. The maximum Gasteiger partial charge on any atom is 0.237 e. The van der Waals surface area contributed by atoms with Crippen molar-refractivity contribution < 1.29 is 4.79 Å². The highest BCUT2D eigenvalue weighted by molar-refractivity contribution is 7.80. The Hall–Kier alpha value is -1.13. The summed E-state index contributed by atoms with van der Waals surface area (Å²) < 4.78 is 0. The second-order valence-corrected chi connectivity index (χ2v) is 6.24. The molecular weight excluding hydrogens is 280 g/mol. The van der Waals surface area contributed by atoms with Crippen LogP contribution in [0.25, 0.3) is 0 Å². The van der Waals surface area contributed by atoms with Gasteiger partial charge in [-0.3, -0.25) is 4.79 Å². The van der Waals surface area contributed by atoms with E-state index in [9.17, 15) is 4.79 Å². The van der Waals surface area contributed by atoms with E-state index in [1.165, 1.54) is 0 Å². The van der Waals surface area contributed by atoms with Crippen LogP contribution >= 0.6 is 23.8 Å². The lowest BCUT2D eigenvalue weighted by Crippen LogP contribution is -2.53. The van der Waals surface area contributed by atoms with Crippen LogP contribution in [0.3, 0.4) is 0 Å². The molecule has 0 aliphatic heterocycles. The molecule has 0 aromatic heterocycles. The molecule has 3 N–H and O–H groups in total. The smallest absolute Gasteiger partial charge is 0.237 e. The molecule has 2 rings (SSSR count). The summed E-state index contributed by atoms with van der Waals surface area (Å²) in [5.41, 5.74) is 6.69. The summed E-state index contributed by atoms with van der Waals surface area (Å²) in [5, 5.41) is 3.38. The molecule has 0 radical (unpaired) electrons. The van der Waals surface area contributed by atoms with Crippen LogP contribution in [0.1, 0.15) is 25.3 Å². The zero-order valence-corrected chi connectivity index (χ0v) is 12.6. The van der Waals surface area contributed by atoms with Gasteiger partial charge >= 0.3 is 0 Å². The van der Waals surface area contributed by atoms with E-state index < -0.39 is 5.41 Å². The number of carbonyl (C=O) groups excluding carboxylic acids is 1. The van der Waals surface area contributed by atoms with E-state index >= 15 is 0 Å². The van der Waals surface area contributed by atoms with Gasteiger partial charge in [0.1, 0.15) is 0 Å². The van der Waals surface area contributed by atoms with Crippen LogP contribution in [-0.4, -0.2) is 10.9 Å². The summed E-state index contributed by atoms with van der Waals surface area (Å²) in [7, 11) is 0. The van der Waals surface area contributed by atoms with Gasteiger partial charge in [0.15, 0.2) is 0 Å². The quantitative estimate of drug-likeness (QED) is 0.842. The fourth-order valence-electron chi connectivity index (χ4n) is 2.61. The average molecular weight is 297 g/mol. The molecule has 1 fully saturated rings. The fraction of sp³-hybridized carbons (Fsp3) is 0.429. The van der Waals surface area contributed by atoms with E-state index in [1.54, 1.807) is 6.07 Å². The summed E-state index contributed by atoms with van der Waals surface area (Å²) in [5.74, 6) is 0.325. The van der Waals surface area contributed by atoms with Crippen molar-refractivity contribution >= 4 is 40.4 Å². The minimum Gasteiger partial charge on any atom is -0.392 e. The van der Waals surface area contributed by atoms with E-state index in [1.807, 2.05) is 19.1 Å². The number of amides is 1. The molecule has 0 atom stereocenters.